The normalized spacial score (nSPS) is 11.0. The van der Waals surface area contributed by atoms with Crippen molar-refractivity contribution in [1.82, 2.24) is 0 Å². The molecule has 5 heteroatoms. The molecule has 0 aromatic heterocycles. The maximum Gasteiger partial charge on any atom is 0.325 e. The smallest absolute Gasteiger partial charge is 0.324 e. The van der Waals surface area contributed by atoms with Gasteiger partial charge in [0.05, 0.1) is 0 Å². The molecule has 2 N–H and O–H groups in total. The van der Waals surface area contributed by atoms with Crippen LogP contribution in [0.15, 0.2) is 0 Å². The van der Waals surface area contributed by atoms with Gasteiger partial charge in [0.1, 0.15) is 0 Å². The van der Waals surface area contributed by atoms with Gasteiger partial charge < -0.3 is 9.79 Å². The summed E-state index contributed by atoms with van der Waals surface area (Å²) in [6.07, 6.45) is 6.40. The number of rotatable bonds is 7. The van der Waals surface area contributed by atoms with Gasteiger partial charge in [-0.3, -0.25) is 4.57 Å². The molecule has 0 amide bonds. The van der Waals surface area contributed by atoms with Gasteiger partial charge in [-0.15, -0.1) is 0 Å². The minimum absolute atomic E-state index is 0. The standard InChI is InChI=1S/C8H19O3P.Ni/c1-2-3-4-5-6-7-8-12(9,10)11;/h2-8H2,1H3,(H2,9,10,11);. The van der Waals surface area contributed by atoms with Crippen LogP contribution >= 0.6 is 7.60 Å². The molecule has 3 nitrogen and oxygen atoms in total. The van der Waals surface area contributed by atoms with E-state index in [1.54, 1.807) is 0 Å². The third kappa shape index (κ3) is 15.4. The summed E-state index contributed by atoms with van der Waals surface area (Å²) in [6.45, 7) is 2.15. The number of hydrogen-bond donors (Lipinski definition) is 2. The van der Waals surface area contributed by atoms with E-state index < -0.39 is 7.60 Å². The summed E-state index contributed by atoms with van der Waals surface area (Å²) < 4.78 is 10.4. The largest absolute Gasteiger partial charge is 0.325 e. The van der Waals surface area contributed by atoms with E-state index in [9.17, 15) is 4.57 Å². The van der Waals surface area contributed by atoms with E-state index in [2.05, 4.69) is 6.92 Å². The molecule has 0 radical (unpaired) electrons. The summed E-state index contributed by atoms with van der Waals surface area (Å²) >= 11 is 0. The van der Waals surface area contributed by atoms with Crippen molar-refractivity contribution < 1.29 is 30.8 Å². The second kappa shape index (κ2) is 9.21. The van der Waals surface area contributed by atoms with Crippen LogP contribution in [0.4, 0.5) is 0 Å². The molecule has 0 aromatic rings. The maximum atomic E-state index is 10.4. The van der Waals surface area contributed by atoms with Crippen molar-refractivity contribution in [2.45, 2.75) is 45.4 Å². The first-order chi connectivity index (χ1) is 5.56. The number of hydrogen-bond acceptors (Lipinski definition) is 1. The topological polar surface area (TPSA) is 57.5 Å². The monoisotopic (exact) mass is 252 g/mol. The minimum Gasteiger partial charge on any atom is -0.324 e. The Labute approximate surface area is 90.4 Å². The Balaban J connectivity index is 0. The predicted molar refractivity (Wildman–Crippen MR) is 50.3 cm³/mol. The predicted octanol–water partition coefficient (Wildman–Crippen LogP) is 2.52. The average Bonchev–Trinajstić information content (AvgIpc) is 1.94. The molecule has 0 aliphatic heterocycles. The second-order valence-corrected chi connectivity index (χ2v) is 4.93. The molecule has 0 aliphatic rings. The van der Waals surface area contributed by atoms with E-state index in [1.165, 1.54) is 19.3 Å². The zero-order valence-corrected chi connectivity index (χ0v) is 9.90. The molecular weight excluding hydrogens is 234 g/mol. The van der Waals surface area contributed by atoms with Crippen molar-refractivity contribution in [1.29, 1.82) is 0 Å². The molecule has 0 spiro atoms. The first kappa shape index (κ1) is 16.1. The summed E-state index contributed by atoms with van der Waals surface area (Å²) in [5, 5.41) is 0. The van der Waals surface area contributed by atoms with Crippen molar-refractivity contribution in [2.24, 2.45) is 0 Å². The first-order valence-electron chi connectivity index (χ1n) is 4.61. The van der Waals surface area contributed by atoms with Gasteiger partial charge in [-0.1, -0.05) is 39.0 Å². The Bertz CT molecular complexity index is 146. The van der Waals surface area contributed by atoms with Crippen LogP contribution in [0.5, 0.6) is 0 Å². The quantitative estimate of drug-likeness (QED) is 0.416. The van der Waals surface area contributed by atoms with Crippen molar-refractivity contribution in [3.05, 3.63) is 0 Å². The van der Waals surface area contributed by atoms with Gasteiger partial charge >= 0.3 is 7.60 Å². The fourth-order valence-corrected chi connectivity index (χ4v) is 1.73. The molecule has 0 heterocycles. The van der Waals surface area contributed by atoms with Gasteiger partial charge in [-0.2, -0.15) is 0 Å². The molecule has 0 unspecified atom stereocenters. The molecule has 13 heavy (non-hydrogen) atoms. The molecule has 0 aliphatic carbocycles. The zero-order chi connectivity index (χ0) is 9.45. The van der Waals surface area contributed by atoms with Gasteiger partial charge in [0.15, 0.2) is 0 Å². The first-order valence-corrected chi connectivity index (χ1v) is 6.40. The molecule has 0 saturated heterocycles. The van der Waals surface area contributed by atoms with Crippen LogP contribution in [0.25, 0.3) is 0 Å². The van der Waals surface area contributed by atoms with Crippen LogP contribution in [0, 0.1) is 0 Å². The third-order valence-corrected chi connectivity index (χ3v) is 2.70. The van der Waals surface area contributed by atoms with Crippen LogP contribution < -0.4 is 0 Å². The van der Waals surface area contributed by atoms with Crippen molar-refractivity contribution in [2.75, 3.05) is 6.16 Å². The summed E-state index contributed by atoms with van der Waals surface area (Å²) in [5.41, 5.74) is 0. The van der Waals surface area contributed by atoms with E-state index in [0.717, 1.165) is 12.8 Å². The minimum atomic E-state index is -3.72. The van der Waals surface area contributed by atoms with E-state index in [-0.39, 0.29) is 22.7 Å². The molecule has 0 fully saturated rings. The second-order valence-electron chi connectivity index (χ2n) is 3.16. The average molecular weight is 253 g/mol. The van der Waals surface area contributed by atoms with E-state index in [0.29, 0.717) is 6.42 Å². The van der Waals surface area contributed by atoms with Crippen molar-refractivity contribution >= 4 is 7.60 Å². The fourth-order valence-electron chi connectivity index (χ4n) is 1.10. The summed E-state index contributed by atoms with van der Waals surface area (Å²) in [6, 6.07) is 0. The van der Waals surface area contributed by atoms with Crippen molar-refractivity contribution in [3.63, 3.8) is 0 Å². The molecule has 0 aromatic carbocycles. The van der Waals surface area contributed by atoms with E-state index in [1.807, 2.05) is 0 Å². The fraction of sp³-hybridized carbons (Fsp3) is 1.00. The zero-order valence-electron chi connectivity index (χ0n) is 8.02. The van der Waals surface area contributed by atoms with Crippen molar-refractivity contribution in [3.8, 4) is 0 Å². The summed E-state index contributed by atoms with van der Waals surface area (Å²) in [4.78, 5) is 17.1. The molecule has 0 saturated carbocycles. The van der Waals surface area contributed by atoms with Crippen LogP contribution in [-0.2, 0) is 21.1 Å². The maximum absolute atomic E-state index is 10.4. The van der Waals surface area contributed by atoms with Gasteiger partial charge in [0, 0.05) is 22.7 Å². The Morgan fingerprint density at radius 1 is 1.00 bits per heavy atom. The molecule has 0 bridgehead atoms. The Kier molecular flexibility index (Phi) is 11.4. The molecule has 0 atom stereocenters. The SMILES string of the molecule is CCCCCCCCP(=O)(O)O.[Ni]. The molecular formula is C8H19NiO3P. The van der Waals surface area contributed by atoms with E-state index >= 15 is 0 Å². The summed E-state index contributed by atoms with van der Waals surface area (Å²) in [7, 11) is -3.72. The van der Waals surface area contributed by atoms with Gasteiger partial charge in [-0.05, 0) is 6.42 Å². The third-order valence-electron chi connectivity index (χ3n) is 1.80. The molecule has 84 valence electrons. The Hall–Kier alpha value is 0.644. The van der Waals surface area contributed by atoms with Crippen LogP contribution in [0.1, 0.15) is 45.4 Å². The van der Waals surface area contributed by atoms with Crippen LogP contribution in [0.2, 0.25) is 0 Å². The Morgan fingerprint density at radius 2 is 1.46 bits per heavy atom. The Morgan fingerprint density at radius 3 is 1.92 bits per heavy atom. The van der Waals surface area contributed by atoms with Gasteiger partial charge in [-0.25, -0.2) is 0 Å². The number of unbranched alkanes of at least 4 members (excludes halogenated alkanes) is 5. The van der Waals surface area contributed by atoms with Gasteiger partial charge in [0.2, 0.25) is 0 Å². The summed E-state index contributed by atoms with van der Waals surface area (Å²) in [5.74, 6) is 0. The molecule has 0 rings (SSSR count). The van der Waals surface area contributed by atoms with Gasteiger partial charge in [0.25, 0.3) is 0 Å². The van der Waals surface area contributed by atoms with E-state index in [4.69, 9.17) is 9.79 Å². The van der Waals surface area contributed by atoms with Crippen LogP contribution in [-0.4, -0.2) is 15.9 Å². The van der Waals surface area contributed by atoms with Crippen LogP contribution in [0.3, 0.4) is 0 Å².